The van der Waals surface area contributed by atoms with E-state index in [1.807, 2.05) is 18.2 Å². The summed E-state index contributed by atoms with van der Waals surface area (Å²) in [4.78, 5) is 20.0. The van der Waals surface area contributed by atoms with Gasteiger partial charge in [-0.1, -0.05) is 23.7 Å². The second-order valence-electron chi connectivity index (χ2n) is 7.12. The second-order valence-corrected chi connectivity index (χ2v) is 7.56. The van der Waals surface area contributed by atoms with Gasteiger partial charge in [0.05, 0.1) is 23.7 Å². The van der Waals surface area contributed by atoms with Gasteiger partial charge in [-0.3, -0.25) is 9.88 Å². The minimum Gasteiger partial charge on any atom is -0.548 e. The molecule has 29 heavy (non-hydrogen) atoms. The van der Waals surface area contributed by atoms with E-state index in [4.69, 9.17) is 16.3 Å². The molecule has 4 rings (SSSR count). The van der Waals surface area contributed by atoms with Gasteiger partial charge in [-0.2, -0.15) is 0 Å². The predicted molar refractivity (Wildman–Crippen MR) is 103 cm³/mol. The summed E-state index contributed by atoms with van der Waals surface area (Å²) < 4.78 is 5.98. The van der Waals surface area contributed by atoms with Crippen LogP contribution in [0.25, 0.3) is 0 Å². The first-order valence-corrected chi connectivity index (χ1v) is 9.58. The van der Waals surface area contributed by atoms with Crippen molar-refractivity contribution in [3.05, 3.63) is 58.4 Å². The molecular weight excluding hydrogens is 387 g/mol. The van der Waals surface area contributed by atoms with Crippen LogP contribution in [-0.4, -0.2) is 58.4 Å². The van der Waals surface area contributed by atoms with Crippen LogP contribution in [0, 0.1) is 0 Å². The first kappa shape index (κ1) is 22.2. The summed E-state index contributed by atoms with van der Waals surface area (Å²) >= 11 is 6.16. The van der Waals surface area contributed by atoms with Gasteiger partial charge in [0.1, 0.15) is 12.4 Å². The van der Waals surface area contributed by atoms with Crippen molar-refractivity contribution in [2.24, 2.45) is 0 Å². The molecule has 0 radical (unpaired) electrons. The van der Waals surface area contributed by atoms with Crippen LogP contribution >= 0.6 is 11.6 Å². The van der Waals surface area contributed by atoms with Crippen LogP contribution in [0.1, 0.15) is 22.9 Å². The molecule has 2 aliphatic heterocycles. The molecule has 0 bridgehead atoms. The molecule has 0 unspecified atom stereocenters. The Bertz CT molecular complexity index is 904. The Balaban J connectivity index is 0.00000240. The standard InChI is InChI=1S/C19H21BClN3O4.Li/c1-20(27)24-8-7-23(10-15(24)19(25)26)18-14-5-4-13(21)9-16(14)28-11-12-3-2-6-22-17(12)18;/h2-6,9,15,18,27H,7-8,10-11H2,1H3,(H,25,26);/q;+1/p-1/t15-,18+;/m1./s1. The van der Waals surface area contributed by atoms with E-state index in [-0.39, 0.29) is 31.4 Å². The zero-order valence-corrected chi connectivity index (χ0v) is 17.2. The van der Waals surface area contributed by atoms with Crippen molar-refractivity contribution < 1.29 is 38.5 Å². The largest absolute Gasteiger partial charge is 1.00 e. The summed E-state index contributed by atoms with van der Waals surface area (Å²) in [6, 6.07) is 8.11. The predicted octanol–water partition coefficient (Wildman–Crippen LogP) is -2.43. The summed E-state index contributed by atoms with van der Waals surface area (Å²) in [5, 5.41) is 22.3. The maximum Gasteiger partial charge on any atom is 1.00 e. The van der Waals surface area contributed by atoms with E-state index >= 15 is 0 Å². The summed E-state index contributed by atoms with van der Waals surface area (Å²) in [5.41, 5.74) is 2.68. The number of rotatable bonds is 3. The molecule has 0 spiro atoms. The molecule has 0 saturated carbocycles. The molecule has 2 aliphatic rings. The first-order valence-electron chi connectivity index (χ1n) is 9.20. The number of fused-ring (bicyclic) bond motifs is 2. The second kappa shape index (κ2) is 9.09. The first-order chi connectivity index (χ1) is 13.5. The minimum absolute atomic E-state index is 0. The van der Waals surface area contributed by atoms with E-state index in [2.05, 4.69) is 9.88 Å². The number of benzene rings is 1. The molecule has 0 aliphatic carbocycles. The summed E-state index contributed by atoms with van der Waals surface area (Å²) in [7, 11) is -0.862. The number of carbonyl (C=O) groups is 1. The van der Waals surface area contributed by atoms with E-state index < -0.39 is 19.1 Å². The van der Waals surface area contributed by atoms with Crippen LogP contribution in [0.3, 0.4) is 0 Å². The number of carboxylic acid groups (broad SMARTS) is 1. The van der Waals surface area contributed by atoms with E-state index in [0.717, 1.165) is 16.8 Å². The molecule has 1 aromatic heterocycles. The van der Waals surface area contributed by atoms with E-state index in [0.29, 0.717) is 30.5 Å². The Hall–Kier alpha value is -1.53. The number of pyridine rings is 1. The average molecular weight is 408 g/mol. The normalized spacial score (nSPS) is 21.8. The Morgan fingerprint density at radius 1 is 1.38 bits per heavy atom. The zero-order chi connectivity index (χ0) is 19.8. The molecule has 7 nitrogen and oxygen atoms in total. The maximum atomic E-state index is 11.8. The number of hydrogen-bond acceptors (Lipinski definition) is 7. The van der Waals surface area contributed by atoms with Gasteiger partial charge in [0.2, 0.25) is 0 Å². The van der Waals surface area contributed by atoms with Crippen LogP contribution in [0.2, 0.25) is 11.8 Å². The van der Waals surface area contributed by atoms with Gasteiger partial charge in [0.15, 0.2) is 0 Å². The number of carboxylic acids is 1. The Morgan fingerprint density at radius 2 is 2.17 bits per heavy atom. The smallest absolute Gasteiger partial charge is 0.548 e. The van der Waals surface area contributed by atoms with Crippen molar-refractivity contribution in [3.63, 3.8) is 0 Å². The molecular formula is C19H20BClLiN3O4. The fraction of sp³-hybridized carbons (Fsp3) is 0.368. The molecule has 146 valence electrons. The number of piperazine rings is 1. The molecule has 1 N–H and O–H groups in total. The van der Waals surface area contributed by atoms with Gasteiger partial charge in [-0.15, -0.1) is 0 Å². The fourth-order valence-electron chi connectivity index (χ4n) is 4.06. The third-order valence-electron chi connectivity index (χ3n) is 5.41. The molecule has 10 heteroatoms. The van der Waals surface area contributed by atoms with Gasteiger partial charge in [0, 0.05) is 42.0 Å². The molecule has 1 fully saturated rings. The van der Waals surface area contributed by atoms with Crippen LogP contribution in [0.5, 0.6) is 5.75 Å². The van der Waals surface area contributed by atoms with Crippen molar-refractivity contribution >= 4 is 24.6 Å². The maximum absolute atomic E-state index is 11.8. The van der Waals surface area contributed by atoms with E-state index in [1.54, 1.807) is 30.0 Å². The van der Waals surface area contributed by atoms with Crippen molar-refractivity contribution in [2.45, 2.75) is 25.5 Å². The number of aliphatic carboxylic acids is 1. The van der Waals surface area contributed by atoms with Crippen molar-refractivity contribution in [1.82, 2.24) is 14.7 Å². The third-order valence-corrected chi connectivity index (χ3v) is 5.64. The van der Waals surface area contributed by atoms with Crippen LogP contribution in [0.4, 0.5) is 0 Å². The average Bonchev–Trinajstić information content (AvgIpc) is 2.84. The fourth-order valence-corrected chi connectivity index (χ4v) is 4.22. The third kappa shape index (κ3) is 4.34. The number of hydrogen-bond donors (Lipinski definition) is 1. The topological polar surface area (TPSA) is 89.0 Å². The number of carbonyl (C=O) groups excluding carboxylic acids is 1. The molecule has 1 saturated heterocycles. The van der Waals surface area contributed by atoms with Gasteiger partial charge < -0.3 is 24.5 Å². The SMILES string of the molecule is CB(O)N1CCN([C@H]2c3ccc(Cl)cc3OCc3cccnc32)C[C@@H]1C(=O)[O-].[Li+]. The zero-order valence-electron chi connectivity index (χ0n) is 16.4. The van der Waals surface area contributed by atoms with E-state index in [9.17, 15) is 14.9 Å². The summed E-state index contributed by atoms with van der Waals surface area (Å²) in [5.74, 6) is -0.536. The Kier molecular flexibility index (Phi) is 6.95. The van der Waals surface area contributed by atoms with Gasteiger partial charge >= 0.3 is 25.9 Å². The molecule has 2 atom stereocenters. The Labute approximate surface area is 186 Å². The number of nitrogens with zero attached hydrogens (tertiary/aromatic N) is 3. The number of ether oxygens (including phenoxy) is 1. The quantitative estimate of drug-likeness (QED) is 0.566. The van der Waals surface area contributed by atoms with Crippen molar-refractivity contribution in [1.29, 1.82) is 0 Å². The van der Waals surface area contributed by atoms with E-state index in [1.165, 1.54) is 0 Å². The summed E-state index contributed by atoms with van der Waals surface area (Å²) in [6.07, 6.45) is 1.73. The van der Waals surface area contributed by atoms with Crippen LogP contribution in [0.15, 0.2) is 36.5 Å². The molecule has 2 aromatic rings. The van der Waals surface area contributed by atoms with Crippen LogP contribution < -0.4 is 28.7 Å². The van der Waals surface area contributed by atoms with Gasteiger partial charge in [-0.25, -0.2) is 0 Å². The Morgan fingerprint density at radius 3 is 2.90 bits per heavy atom. The monoisotopic (exact) mass is 407 g/mol. The van der Waals surface area contributed by atoms with Crippen molar-refractivity contribution in [2.75, 3.05) is 19.6 Å². The number of halogens is 1. The molecule has 1 aromatic carbocycles. The van der Waals surface area contributed by atoms with Crippen LogP contribution in [-0.2, 0) is 11.4 Å². The van der Waals surface area contributed by atoms with Gasteiger partial charge in [0.25, 0.3) is 0 Å². The summed E-state index contributed by atoms with van der Waals surface area (Å²) in [6.45, 7) is 3.11. The number of aromatic nitrogens is 1. The minimum atomic E-state index is -1.20. The van der Waals surface area contributed by atoms with Gasteiger partial charge in [-0.05, 0) is 25.0 Å². The molecule has 0 amide bonds. The molecule has 3 heterocycles. The van der Waals surface area contributed by atoms with Crippen molar-refractivity contribution in [3.8, 4) is 5.75 Å².